The van der Waals surface area contributed by atoms with Crippen LogP contribution < -0.4 is 0 Å². The Kier molecular flexibility index (Phi) is 3.72. The molecule has 18 heavy (non-hydrogen) atoms. The minimum Gasteiger partial charge on any atom is -0.373 e. The maximum Gasteiger partial charge on any atom is 0.0852 e. The fraction of sp³-hybridized carbons (Fsp3) is 1.00. The highest BCUT2D eigenvalue weighted by molar-refractivity contribution is 14.1. The first kappa shape index (κ1) is 13.7. The average Bonchev–Trinajstić information content (AvgIpc) is 3.03. The van der Waals surface area contributed by atoms with Gasteiger partial charge in [-0.05, 0) is 55.3 Å². The number of hydrogen-bond donors (Lipinski definition) is 0. The summed E-state index contributed by atoms with van der Waals surface area (Å²) in [6.45, 7) is 5.99. The van der Waals surface area contributed by atoms with Crippen molar-refractivity contribution in [1.82, 2.24) is 0 Å². The lowest BCUT2D eigenvalue weighted by atomic mass is 9.66. The summed E-state index contributed by atoms with van der Waals surface area (Å²) >= 11 is 2.59. The van der Waals surface area contributed by atoms with E-state index in [1.165, 1.54) is 49.4 Å². The maximum atomic E-state index is 6.67. The third kappa shape index (κ3) is 1.88. The fourth-order valence-corrected chi connectivity index (χ4v) is 6.83. The van der Waals surface area contributed by atoms with Gasteiger partial charge in [-0.3, -0.25) is 0 Å². The molecule has 0 aromatic carbocycles. The van der Waals surface area contributed by atoms with Crippen molar-refractivity contribution in [3.8, 4) is 0 Å². The molecule has 2 bridgehead atoms. The van der Waals surface area contributed by atoms with Crippen LogP contribution >= 0.6 is 22.6 Å². The van der Waals surface area contributed by atoms with Crippen LogP contribution in [-0.2, 0) is 4.74 Å². The Labute approximate surface area is 126 Å². The van der Waals surface area contributed by atoms with E-state index in [9.17, 15) is 0 Å². The lowest BCUT2D eigenvalue weighted by Gasteiger charge is -2.49. The number of alkyl halides is 1. The Morgan fingerprint density at radius 2 is 1.72 bits per heavy atom. The highest BCUT2D eigenvalue weighted by Crippen LogP contribution is 2.63. The fourth-order valence-electron chi connectivity index (χ4n) is 5.00. The predicted molar refractivity (Wildman–Crippen MR) is 84.1 cm³/mol. The van der Waals surface area contributed by atoms with Gasteiger partial charge in [0, 0.05) is 4.43 Å². The van der Waals surface area contributed by atoms with Crippen LogP contribution in [0.2, 0.25) is 0 Å². The first-order valence-electron chi connectivity index (χ1n) is 7.80. The van der Waals surface area contributed by atoms with Crippen LogP contribution in [0, 0.1) is 23.2 Å². The number of halogens is 1. The summed E-state index contributed by atoms with van der Waals surface area (Å²) in [7, 11) is 0. The third-order valence-corrected chi connectivity index (χ3v) is 7.59. The van der Waals surface area contributed by atoms with E-state index < -0.39 is 0 Å². The van der Waals surface area contributed by atoms with Gasteiger partial charge in [0.2, 0.25) is 0 Å². The summed E-state index contributed by atoms with van der Waals surface area (Å²) < 4.78 is 7.85. The second kappa shape index (κ2) is 4.91. The Morgan fingerprint density at radius 3 is 2.28 bits per heavy atom. The Balaban J connectivity index is 1.73. The standard InChI is InChI=1S/C16H27IO/c1-15(2)13-7-8-14(9-13)16(15,11-17)18-10-12-5-3-4-6-12/h12-14H,3-11H2,1-2H3. The highest BCUT2D eigenvalue weighted by Gasteiger charge is 2.63. The van der Waals surface area contributed by atoms with Crippen molar-refractivity contribution in [2.75, 3.05) is 11.0 Å². The van der Waals surface area contributed by atoms with Crippen LogP contribution in [0.4, 0.5) is 0 Å². The van der Waals surface area contributed by atoms with Gasteiger partial charge in [0.05, 0.1) is 12.2 Å². The van der Waals surface area contributed by atoms with Crippen molar-refractivity contribution in [3.63, 3.8) is 0 Å². The zero-order chi connectivity index (χ0) is 12.8. The molecule has 0 spiro atoms. The Morgan fingerprint density at radius 1 is 1.06 bits per heavy atom. The van der Waals surface area contributed by atoms with E-state index in [1.807, 2.05) is 0 Å². The molecule has 0 aromatic rings. The van der Waals surface area contributed by atoms with E-state index in [2.05, 4.69) is 36.4 Å². The van der Waals surface area contributed by atoms with E-state index >= 15 is 0 Å². The zero-order valence-corrected chi connectivity index (χ0v) is 14.0. The van der Waals surface area contributed by atoms with E-state index in [-0.39, 0.29) is 5.60 Å². The molecule has 0 radical (unpaired) electrons. The minimum atomic E-state index is 0.194. The maximum absolute atomic E-state index is 6.67. The molecule has 3 saturated carbocycles. The van der Waals surface area contributed by atoms with Gasteiger partial charge in [0.25, 0.3) is 0 Å². The molecule has 0 heterocycles. The van der Waals surface area contributed by atoms with Crippen molar-refractivity contribution in [1.29, 1.82) is 0 Å². The summed E-state index contributed by atoms with van der Waals surface area (Å²) in [5.41, 5.74) is 0.592. The molecular weight excluding hydrogens is 335 g/mol. The van der Waals surface area contributed by atoms with Crippen molar-refractivity contribution in [2.24, 2.45) is 23.2 Å². The molecule has 3 rings (SSSR count). The number of hydrogen-bond acceptors (Lipinski definition) is 1. The highest BCUT2D eigenvalue weighted by atomic mass is 127. The second-order valence-electron chi connectivity index (χ2n) is 7.41. The summed E-state index contributed by atoms with van der Waals surface area (Å²) in [5, 5.41) is 0. The molecular formula is C16H27IO. The third-order valence-electron chi connectivity index (χ3n) is 6.45. The van der Waals surface area contributed by atoms with Gasteiger partial charge in [-0.15, -0.1) is 0 Å². The second-order valence-corrected chi connectivity index (χ2v) is 8.18. The summed E-state index contributed by atoms with van der Waals surface area (Å²) in [4.78, 5) is 0. The summed E-state index contributed by atoms with van der Waals surface area (Å²) in [6, 6.07) is 0. The predicted octanol–water partition coefficient (Wildman–Crippen LogP) is 4.82. The van der Waals surface area contributed by atoms with Crippen molar-refractivity contribution in [3.05, 3.63) is 0 Å². The molecule has 3 unspecified atom stereocenters. The van der Waals surface area contributed by atoms with E-state index in [1.54, 1.807) is 0 Å². The number of rotatable bonds is 4. The molecule has 0 amide bonds. The van der Waals surface area contributed by atoms with Crippen LogP contribution in [0.25, 0.3) is 0 Å². The van der Waals surface area contributed by atoms with E-state index in [4.69, 9.17) is 4.74 Å². The molecule has 0 saturated heterocycles. The molecule has 104 valence electrons. The first-order chi connectivity index (χ1) is 8.60. The zero-order valence-electron chi connectivity index (χ0n) is 11.9. The summed E-state index contributed by atoms with van der Waals surface area (Å²) in [6.07, 6.45) is 9.98. The molecule has 1 nitrogen and oxygen atoms in total. The molecule has 3 fully saturated rings. The van der Waals surface area contributed by atoms with Gasteiger partial charge in [0.15, 0.2) is 0 Å². The summed E-state index contributed by atoms with van der Waals surface area (Å²) in [5.74, 6) is 2.62. The normalized spacial score (nSPS) is 42.8. The Bertz CT molecular complexity index is 308. The molecule has 3 atom stereocenters. The van der Waals surface area contributed by atoms with Gasteiger partial charge in [0.1, 0.15) is 0 Å². The van der Waals surface area contributed by atoms with Gasteiger partial charge < -0.3 is 4.74 Å². The lowest BCUT2D eigenvalue weighted by Crippen LogP contribution is -2.53. The quantitative estimate of drug-likeness (QED) is 0.515. The van der Waals surface area contributed by atoms with Gasteiger partial charge in [-0.25, -0.2) is 0 Å². The molecule has 0 aliphatic heterocycles. The van der Waals surface area contributed by atoms with Crippen LogP contribution in [0.15, 0.2) is 0 Å². The smallest absolute Gasteiger partial charge is 0.0852 e. The SMILES string of the molecule is CC1(C)C2CCC(C2)C1(CI)OCC1CCCC1. The number of ether oxygens (including phenoxy) is 1. The largest absolute Gasteiger partial charge is 0.373 e. The average molecular weight is 362 g/mol. The van der Waals surface area contributed by atoms with Gasteiger partial charge in [-0.2, -0.15) is 0 Å². The number of fused-ring (bicyclic) bond motifs is 2. The molecule has 3 aliphatic carbocycles. The topological polar surface area (TPSA) is 9.23 Å². The van der Waals surface area contributed by atoms with Crippen LogP contribution in [0.1, 0.15) is 58.8 Å². The van der Waals surface area contributed by atoms with Crippen LogP contribution in [-0.4, -0.2) is 16.6 Å². The van der Waals surface area contributed by atoms with Crippen LogP contribution in [0.3, 0.4) is 0 Å². The van der Waals surface area contributed by atoms with Crippen molar-refractivity contribution >= 4 is 22.6 Å². The van der Waals surface area contributed by atoms with E-state index in [0.29, 0.717) is 5.41 Å². The molecule has 0 aromatic heterocycles. The Hall–Kier alpha value is 0.690. The first-order valence-corrected chi connectivity index (χ1v) is 9.32. The van der Waals surface area contributed by atoms with Crippen LogP contribution in [0.5, 0.6) is 0 Å². The minimum absolute atomic E-state index is 0.194. The monoisotopic (exact) mass is 362 g/mol. The van der Waals surface area contributed by atoms with Gasteiger partial charge >= 0.3 is 0 Å². The molecule has 0 N–H and O–H groups in total. The lowest BCUT2D eigenvalue weighted by molar-refractivity contribution is -0.144. The van der Waals surface area contributed by atoms with E-state index in [0.717, 1.165) is 24.4 Å². The van der Waals surface area contributed by atoms with Crippen molar-refractivity contribution < 1.29 is 4.74 Å². The molecule has 3 aliphatic rings. The molecule has 2 heteroatoms. The van der Waals surface area contributed by atoms with Gasteiger partial charge in [-0.1, -0.05) is 49.3 Å². The van der Waals surface area contributed by atoms with Crippen molar-refractivity contribution in [2.45, 2.75) is 64.4 Å².